The van der Waals surface area contributed by atoms with E-state index in [9.17, 15) is 0 Å². The van der Waals surface area contributed by atoms with Gasteiger partial charge < -0.3 is 16.5 Å². The van der Waals surface area contributed by atoms with Gasteiger partial charge in [-0.3, -0.25) is 5.41 Å². The van der Waals surface area contributed by atoms with Crippen LogP contribution in [0.1, 0.15) is 5.82 Å². The monoisotopic (exact) mass is 201 g/mol. The SMILES string of the molecule is N=C(N)/C(=C\N)c1nc2ccccc2[nH]1. The second kappa shape index (κ2) is 3.45. The van der Waals surface area contributed by atoms with Crippen LogP contribution in [0.2, 0.25) is 0 Å². The molecule has 0 aliphatic heterocycles. The van der Waals surface area contributed by atoms with Gasteiger partial charge in [0.1, 0.15) is 11.7 Å². The number of aromatic nitrogens is 2. The molecule has 76 valence electrons. The molecule has 1 aromatic heterocycles. The molecular formula is C10H11N5. The fraction of sp³-hybridized carbons (Fsp3) is 0. The molecule has 0 amide bonds. The lowest BCUT2D eigenvalue weighted by Crippen LogP contribution is -2.14. The number of amidine groups is 1. The zero-order valence-corrected chi connectivity index (χ0v) is 7.99. The van der Waals surface area contributed by atoms with Crippen LogP contribution >= 0.6 is 0 Å². The number of nitrogens with one attached hydrogen (secondary N) is 2. The number of imidazole rings is 1. The van der Waals surface area contributed by atoms with E-state index in [2.05, 4.69) is 9.97 Å². The average Bonchev–Trinajstić information content (AvgIpc) is 2.61. The van der Waals surface area contributed by atoms with E-state index in [1.54, 1.807) is 0 Å². The predicted octanol–water partition coefficient (Wildman–Crippen LogP) is 0.798. The average molecular weight is 201 g/mol. The summed E-state index contributed by atoms with van der Waals surface area (Å²) >= 11 is 0. The highest BCUT2D eigenvalue weighted by Gasteiger charge is 2.09. The Morgan fingerprint density at radius 1 is 1.40 bits per heavy atom. The minimum Gasteiger partial charge on any atom is -0.404 e. The van der Waals surface area contributed by atoms with Gasteiger partial charge in [-0.15, -0.1) is 0 Å². The number of para-hydroxylation sites is 2. The summed E-state index contributed by atoms with van der Waals surface area (Å²) < 4.78 is 0. The Kier molecular flexibility index (Phi) is 2.13. The number of fused-ring (bicyclic) bond motifs is 1. The van der Waals surface area contributed by atoms with Crippen LogP contribution in [0.15, 0.2) is 30.5 Å². The Bertz CT molecular complexity index is 504. The number of hydrogen-bond acceptors (Lipinski definition) is 3. The maximum Gasteiger partial charge on any atom is 0.143 e. The third-order valence-corrected chi connectivity index (χ3v) is 2.10. The van der Waals surface area contributed by atoms with E-state index in [1.807, 2.05) is 24.3 Å². The second-order valence-electron chi connectivity index (χ2n) is 3.10. The first-order valence-electron chi connectivity index (χ1n) is 4.44. The summed E-state index contributed by atoms with van der Waals surface area (Å²) in [6, 6.07) is 7.58. The fourth-order valence-corrected chi connectivity index (χ4v) is 1.38. The number of H-pyrrole nitrogens is 1. The molecule has 1 heterocycles. The largest absolute Gasteiger partial charge is 0.404 e. The highest BCUT2D eigenvalue weighted by molar-refractivity contribution is 6.19. The number of rotatable bonds is 2. The third-order valence-electron chi connectivity index (χ3n) is 2.10. The molecule has 0 saturated heterocycles. The standard InChI is InChI=1S/C10H11N5/c11-5-6(9(12)13)10-14-7-3-1-2-4-8(7)15-10/h1-5H,11H2,(H3,12,13)(H,14,15)/b6-5+. The molecule has 5 nitrogen and oxygen atoms in total. The number of nitrogens with two attached hydrogens (primary N) is 2. The number of aromatic amines is 1. The Hall–Kier alpha value is -2.30. The zero-order chi connectivity index (χ0) is 10.8. The van der Waals surface area contributed by atoms with Gasteiger partial charge in [-0.05, 0) is 12.1 Å². The molecular weight excluding hydrogens is 190 g/mol. The second-order valence-corrected chi connectivity index (χ2v) is 3.10. The predicted molar refractivity (Wildman–Crippen MR) is 60.2 cm³/mol. The molecule has 0 radical (unpaired) electrons. The van der Waals surface area contributed by atoms with Crippen molar-refractivity contribution in [1.82, 2.24) is 9.97 Å². The van der Waals surface area contributed by atoms with Crippen molar-refractivity contribution in [2.45, 2.75) is 0 Å². The van der Waals surface area contributed by atoms with Crippen LogP contribution in [0.25, 0.3) is 16.6 Å². The normalized spacial score (nSPS) is 11.9. The Labute approximate surface area is 86.3 Å². The molecule has 0 bridgehead atoms. The van der Waals surface area contributed by atoms with E-state index in [1.165, 1.54) is 6.20 Å². The van der Waals surface area contributed by atoms with Gasteiger partial charge in [-0.25, -0.2) is 4.98 Å². The van der Waals surface area contributed by atoms with E-state index in [0.29, 0.717) is 11.4 Å². The van der Waals surface area contributed by atoms with Crippen molar-refractivity contribution >= 4 is 22.4 Å². The van der Waals surface area contributed by atoms with Crippen molar-refractivity contribution in [3.8, 4) is 0 Å². The Morgan fingerprint density at radius 2 is 2.13 bits per heavy atom. The van der Waals surface area contributed by atoms with Gasteiger partial charge in [0.15, 0.2) is 0 Å². The molecule has 0 atom stereocenters. The van der Waals surface area contributed by atoms with Crippen LogP contribution in [0.3, 0.4) is 0 Å². The maximum absolute atomic E-state index is 7.33. The van der Waals surface area contributed by atoms with Gasteiger partial charge in [0.2, 0.25) is 0 Å². The van der Waals surface area contributed by atoms with E-state index >= 15 is 0 Å². The fourth-order valence-electron chi connectivity index (χ4n) is 1.38. The van der Waals surface area contributed by atoms with Crippen LogP contribution in [0.5, 0.6) is 0 Å². The smallest absolute Gasteiger partial charge is 0.143 e. The van der Waals surface area contributed by atoms with E-state index in [0.717, 1.165) is 11.0 Å². The number of benzene rings is 1. The van der Waals surface area contributed by atoms with Crippen molar-refractivity contribution in [3.63, 3.8) is 0 Å². The van der Waals surface area contributed by atoms with E-state index < -0.39 is 0 Å². The summed E-state index contributed by atoms with van der Waals surface area (Å²) in [5.41, 5.74) is 12.9. The lowest BCUT2D eigenvalue weighted by molar-refractivity contribution is 1.26. The number of hydrogen-bond donors (Lipinski definition) is 4. The Morgan fingerprint density at radius 3 is 2.73 bits per heavy atom. The van der Waals surface area contributed by atoms with Crippen molar-refractivity contribution in [1.29, 1.82) is 5.41 Å². The summed E-state index contributed by atoms with van der Waals surface area (Å²) in [6.07, 6.45) is 1.28. The lowest BCUT2D eigenvalue weighted by Gasteiger charge is -1.98. The van der Waals surface area contributed by atoms with Crippen LogP contribution in [-0.2, 0) is 0 Å². The Balaban J connectivity index is 2.58. The molecule has 0 spiro atoms. The quantitative estimate of drug-likeness (QED) is 0.426. The van der Waals surface area contributed by atoms with Gasteiger partial charge in [-0.2, -0.15) is 0 Å². The number of nitrogens with zero attached hydrogens (tertiary/aromatic N) is 1. The molecule has 1 aromatic carbocycles. The first kappa shape index (κ1) is 9.26. The van der Waals surface area contributed by atoms with Gasteiger partial charge in [0, 0.05) is 6.20 Å². The molecule has 0 aliphatic carbocycles. The van der Waals surface area contributed by atoms with Crippen molar-refractivity contribution in [2.75, 3.05) is 0 Å². The maximum atomic E-state index is 7.33. The molecule has 0 fully saturated rings. The highest BCUT2D eigenvalue weighted by Crippen LogP contribution is 2.15. The minimum atomic E-state index is -0.100. The van der Waals surface area contributed by atoms with Gasteiger partial charge in [-0.1, -0.05) is 12.1 Å². The van der Waals surface area contributed by atoms with Crippen molar-refractivity contribution in [2.24, 2.45) is 11.5 Å². The molecule has 0 aliphatic rings. The van der Waals surface area contributed by atoms with Gasteiger partial charge in [0.05, 0.1) is 16.6 Å². The molecule has 5 heteroatoms. The summed E-state index contributed by atoms with van der Waals surface area (Å²) in [7, 11) is 0. The lowest BCUT2D eigenvalue weighted by atomic mass is 10.2. The first-order chi connectivity index (χ1) is 7.22. The molecule has 2 rings (SSSR count). The molecule has 0 unspecified atom stereocenters. The van der Waals surface area contributed by atoms with Crippen molar-refractivity contribution in [3.05, 3.63) is 36.3 Å². The van der Waals surface area contributed by atoms with Gasteiger partial charge in [0.25, 0.3) is 0 Å². The highest BCUT2D eigenvalue weighted by atomic mass is 14.9. The van der Waals surface area contributed by atoms with Crippen LogP contribution in [-0.4, -0.2) is 15.8 Å². The van der Waals surface area contributed by atoms with Crippen LogP contribution in [0.4, 0.5) is 0 Å². The summed E-state index contributed by atoms with van der Waals surface area (Å²) in [4.78, 5) is 7.33. The molecule has 2 aromatic rings. The summed E-state index contributed by atoms with van der Waals surface area (Å²) in [5.74, 6) is 0.419. The van der Waals surface area contributed by atoms with Crippen LogP contribution < -0.4 is 11.5 Å². The van der Waals surface area contributed by atoms with E-state index in [-0.39, 0.29) is 5.84 Å². The van der Waals surface area contributed by atoms with Crippen molar-refractivity contribution < 1.29 is 0 Å². The van der Waals surface area contributed by atoms with Gasteiger partial charge >= 0.3 is 0 Å². The third kappa shape index (κ3) is 1.54. The topological polar surface area (TPSA) is 105 Å². The zero-order valence-electron chi connectivity index (χ0n) is 7.99. The summed E-state index contributed by atoms with van der Waals surface area (Å²) in [5, 5.41) is 7.33. The summed E-state index contributed by atoms with van der Waals surface area (Å²) in [6.45, 7) is 0. The molecule has 15 heavy (non-hydrogen) atoms. The molecule has 0 saturated carbocycles. The van der Waals surface area contributed by atoms with Crippen LogP contribution in [0, 0.1) is 5.41 Å². The first-order valence-corrected chi connectivity index (χ1v) is 4.44. The molecule has 6 N–H and O–H groups in total. The van der Waals surface area contributed by atoms with E-state index in [4.69, 9.17) is 16.9 Å². The minimum absolute atomic E-state index is 0.100.